The first kappa shape index (κ1) is 15.1. The van der Waals surface area contributed by atoms with Gasteiger partial charge in [0.1, 0.15) is 5.75 Å². The minimum Gasteiger partial charge on any atom is -0.494 e. The number of piperidine rings is 1. The molecule has 0 saturated carbocycles. The molecule has 118 valence electrons. The molecule has 3 nitrogen and oxygen atoms in total. The summed E-state index contributed by atoms with van der Waals surface area (Å²) in [6.07, 6.45) is 5.13. The summed E-state index contributed by atoms with van der Waals surface area (Å²) in [6, 6.07) is 9.15. The molecule has 1 aliphatic rings. The van der Waals surface area contributed by atoms with Gasteiger partial charge in [0, 0.05) is 29.4 Å². The van der Waals surface area contributed by atoms with Crippen molar-refractivity contribution in [2.24, 2.45) is 0 Å². The SMILES string of the molecule is CCOc1ccc2nc(C)cc(N3CCCCC3CC)c2c1. The van der Waals surface area contributed by atoms with Crippen LogP contribution in [-0.2, 0) is 0 Å². The van der Waals surface area contributed by atoms with E-state index in [0.717, 1.165) is 23.5 Å². The molecule has 1 atom stereocenters. The highest BCUT2D eigenvalue weighted by atomic mass is 16.5. The average molecular weight is 298 g/mol. The van der Waals surface area contributed by atoms with Crippen LogP contribution < -0.4 is 9.64 Å². The molecule has 1 unspecified atom stereocenters. The van der Waals surface area contributed by atoms with E-state index < -0.39 is 0 Å². The van der Waals surface area contributed by atoms with Crippen LogP contribution in [-0.4, -0.2) is 24.2 Å². The van der Waals surface area contributed by atoms with Gasteiger partial charge >= 0.3 is 0 Å². The Bertz CT molecular complexity index is 653. The van der Waals surface area contributed by atoms with Crippen LogP contribution in [0.5, 0.6) is 5.75 Å². The molecule has 1 fully saturated rings. The van der Waals surface area contributed by atoms with Crippen molar-refractivity contribution in [2.45, 2.75) is 52.5 Å². The third-order valence-corrected chi connectivity index (χ3v) is 4.61. The Kier molecular flexibility index (Phi) is 4.51. The number of aryl methyl sites for hydroxylation is 1. The average Bonchev–Trinajstić information content (AvgIpc) is 2.54. The van der Waals surface area contributed by atoms with Crippen molar-refractivity contribution in [1.82, 2.24) is 4.98 Å². The van der Waals surface area contributed by atoms with Crippen LogP contribution in [0.15, 0.2) is 24.3 Å². The molecule has 0 amide bonds. The van der Waals surface area contributed by atoms with Crippen molar-refractivity contribution in [3.8, 4) is 5.75 Å². The fourth-order valence-electron chi connectivity index (χ4n) is 3.55. The Morgan fingerprint density at radius 1 is 1.23 bits per heavy atom. The normalized spacial score (nSPS) is 18.7. The van der Waals surface area contributed by atoms with E-state index in [1.807, 2.05) is 13.0 Å². The summed E-state index contributed by atoms with van der Waals surface area (Å²) in [5.41, 5.74) is 3.49. The van der Waals surface area contributed by atoms with E-state index in [0.29, 0.717) is 12.6 Å². The first-order chi connectivity index (χ1) is 10.7. The van der Waals surface area contributed by atoms with Crippen LogP contribution in [0.2, 0.25) is 0 Å². The maximum absolute atomic E-state index is 5.69. The molecule has 1 aliphatic heterocycles. The zero-order chi connectivity index (χ0) is 15.5. The molecule has 0 bridgehead atoms. The lowest BCUT2D eigenvalue weighted by Gasteiger charge is -2.38. The summed E-state index contributed by atoms with van der Waals surface area (Å²) in [5.74, 6) is 0.937. The molecular weight excluding hydrogens is 272 g/mol. The number of pyridine rings is 1. The Hall–Kier alpha value is -1.77. The first-order valence-corrected chi connectivity index (χ1v) is 8.53. The van der Waals surface area contributed by atoms with E-state index in [2.05, 4.69) is 36.9 Å². The molecular formula is C19H26N2O. The smallest absolute Gasteiger partial charge is 0.120 e. The molecule has 3 heteroatoms. The minimum atomic E-state index is 0.648. The minimum absolute atomic E-state index is 0.648. The predicted octanol–water partition coefficient (Wildman–Crippen LogP) is 4.71. The summed E-state index contributed by atoms with van der Waals surface area (Å²) in [4.78, 5) is 7.29. The lowest BCUT2D eigenvalue weighted by Crippen LogP contribution is -2.39. The molecule has 0 radical (unpaired) electrons. The second-order valence-corrected chi connectivity index (χ2v) is 6.15. The number of fused-ring (bicyclic) bond motifs is 1. The van der Waals surface area contributed by atoms with Crippen LogP contribution in [0.4, 0.5) is 5.69 Å². The van der Waals surface area contributed by atoms with Gasteiger partial charge in [-0.3, -0.25) is 4.98 Å². The predicted molar refractivity (Wildman–Crippen MR) is 92.9 cm³/mol. The number of hydrogen-bond donors (Lipinski definition) is 0. The van der Waals surface area contributed by atoms with Crippen molar-refractivity contribution in [2.75, 3.05) is 18.1 Å². The van der Waals surface area contributed by atoms with Crippen LogP contribution in [0.25, 0.3) is 10.9 Å². The summed E-state index contributed by atoms with van der Waals surface area (Å²) >= 11 is 0. The molecule has 1 aromatic heterocycles. The third-order valence-electron chi connectivity index (χ3n) is 4.61. The summed E-state index contributed by atoms with van der Waals surface area (Å²) < 4.78 is 5.69. The van der Waals surface area contributed by atoms with E-state index in [1.54, 1.807) is 0 Å². The van der Waals surface area contributed by atoms with Gasteiger partial charge in [0.2, 0.25) is 0 Å². The summed E-state index contributed by atoms with van der Waals surface area (Å²) in [6.45, 7) is 8.25. The second-order valence-electron chi connectivity index (χ2n) is 6.15. The number of nitrogens with zero attached hydrogens (tertiary/aromatic N) is 2. The quantitative estimate of drug-likeness (QED) is 0.817. The van der Waals surface area contributed by atoms with Crippen molar-refractivity contribution in [3.63, 3.8) is 0 Å². The van der Waals surface area contributed by atoms with Gasteiger partial charge in [-0.25, -0.2) is 0 Å². The standard InChI is InChI=1S/C19H26N2O/c1-4-15-8-6-7-11-21(15)19-12-14(3)20-18-10-9-16(22-5-2)13-17(18)19/h9-10,12-13,15H,4-8,11H2,1-3H3. The Morgan fingerprint density at radius 3 is 2.86 bits per heavy atom. The number of benzene rings is 1. The molecule has 3 rings (SSSR count). The maximum Gasteiger partial charge on any atom is 0.120 e. The lowest BCUT2D eigenvalue weighted by molar-refractivity contribution is 0.340. The molecule has 22 heavy (non-hydrogen) atoms. The third kappa shape index (κ3) is 2.90. The number of anilines is 1. The molecule has 1 saturated heterocycles. The Morgan fingerprint density at radius 2 is 2.09 bits per heavy atom. The van der Waals surface area contributed by atoms with Crippen LogP contribution in [0.3, 0.4) is 0 Å². The van der Waals surface area contributed by atoms with Gasteiger partial charge in [0.25, 0.3) is 0 Å². The monoisotopic (exact) mass is 298 g/mol. The van der Waals surface area contributed by atoms with Crippen molar-refractivity contribution >= 4 is 16.6 Å². The fourth-order valence-corrected chi connectivity index (χ4v) is 3.55. The van der Waals surface area contributed by atoms with Crippen LogP contribution in [0.1, 0.15) is 45.2 Å². The molecule has 2 heterocycles. The van der Waals surface area contributed by atoms with Crippen molar-refractivity contribution in [3.05, 3.63) is 30.0 Å². The highest BCUT2D eigenvalue weighted by molar-refractivity contribution is 5.93. The molecule has 0 N–H and O–H groups in total. The van der Waals surface area contributed by atoms with Crippen molar-refractivity contribution in [1.29, 1.82) is 0 Å². The topological polar surface area (TPSA) is 25.4 Å². The van der Waals surface area contributed by atoms with Crippen molar-refractivity contribution < 1.29 is 4.74 Å². The largest absolute Gasteiger partial charge is 0.494 e. The Labute approximate surface area is 133 Å². The molecule has 2 aromatic rings. The highest BCUT2D eigenvalue weighted by Gasteiger charge is 2.23. The first-order valence-electron chi connectivity index (χ1n) is 8.53. The molecule has 1 aromatic carbocycles. The lowest BCUT2D eigenvalue weighted by atomic mass is 9.98. The van der Waals surface area contributed by atoms with E-state index in [1.165, 1.54) is 36.8 Å². The number of aromatic nitrogens is 1. The second kappa shape index (κ2) is 6.55. The van der Waals surface area contributed by atoms with Gasteiger partial charge in [-0.1, -0.05) is 6.92 Å². The van der Waals surface area contributed by atoms with Gasteiger partial charge in [-0.15, -0.1) is 0 Å². The Balaban J connectivity index is 2.11. The number of hydrogen-bond acceptors (Lipinski definition) is 3. The van der Waals surface area contributed by atoms with Gasteiger partial charge in [0.15, 0.2) is 0 Å². The number of rotatable bonds is 4. The van der Waals surface area contributed by atoms with Crippen LogP contribution in [0, 0.1) is 6.92 Å². The van der Waals surface area contributed by atoms with E-state index in [4.69, 9.17) is 9.72 Å². The van der Waals surface area contributed by atoms with E-state index in [9.17, 15) is 0 Å². The highest BCUT2D eigenvalue weighted by Crippen LogP contribution is 2.34. The zero-order valence-corrected chi connectivity index (χ0v) is 13.9. The van der Waals surface area contributed by atoms with Gasteiger partial charge < -0.3 is 9.64 Å². The summed E-state index contributed by atoms with van der Waals surface area (Å²) in [7, 11) is 0. The number of ether oxygens (including phenoxy) is 1. The molecule has 0 aliphatic carbocycles. The van der Waals surface area contributed by atoms with Gasteiger partial charge in [0.05, 0.1) is 12.1 Å². The van der Waals surface area contributed by atoms with E-state index in [-0.39, 0.29) is 0 Å². The summed E-state index contributed by atoms with van der Waals surface area (Å²) in [5, 5.41) is 1.22. The van der Waals surface area contributed by atoms with Gasteiger partial charge in [-0.2, -0.15) is 0 Å². The molecule has 0 spiro atoms. The van der Waals surface area contributed by atoms with Gasteiger partial charge in [-0.05, 0) is 63.8 Å². The maximum atomic E-state index is 5.69. The van der Waals surface area contributed by atoms with Crippen LogP contribution >= 0.6 is 0 Å². The zero-order valence-electron chi connectivity index (χ0n) is 13.9. The fraction of sp³-hybridized carbons (Fsp3) is 0.526. The van der Waals surface area contributed by atoms with E-state index >= 15 is 0 Å².